The number of esters is 2. The van der Waals surface area contributed by atoms with Gasteiger partial charge in [-0.15, -0.1) is 0 Å². The van der Waals surface area contributed by atoms with E-state index in [1.165, 1.54) is 154 Å². The zero-order valence-corrected chi connectivity index (χ0v) is 38.9. The minimum atomic E-state index is -4.79. The quantitative estimate of drug-likeness (QED) is 0.0270. The summed E-state index contributed by atoms with van der Waals surface area (Å²) in [6.45, 7) is 7.80. The lowest BCUT2D eigenvalue weighted by molar-refractivity contribution is -0.945. The van der Waals surface area contributed by atoms with Crippen LogP contribution in [0.3, 0.4) is 0 Å². The molecule has 3 aliphatic rings. The monoisotopic (exact) mass is 843 g/mol. The predicted molar refractivity (Wildman–Crippen MR) is 239 cm³/mol. The first-order valence-electron chi connectivity index (χ1n) is 25.1. The average Bonchev–Trinajstić information content (AvgIpc) is 3.19. The summed E-state index contributed by atoms with van der Waals surface area (Å²) in [4.78, 5) is 45.6. The topological polar surface area (TPSA) is 119 Å². The maximum absolute atomic E-state index is 13.1. The van der Waals surface area contributed by atoms with Gasteiger partial charge >= 0.3 is 19.8 Å². The fourth-order valence-corrected chi connectivity index (χ4v) is 9.96. The highest BCUT2D eigenvalue weighted by Crippen LogP contribution is 2.41. The van der Waals surface area contributed by atoms with E-state index in [4.69, 9.17) is 14.0 Å². The summed E-state index contributed by atoms with van der Waals surface area (Å²) in [6, 6.07) is 0. The molecule has 2 unspecified atom stereocenters. The molecule has 0 amide bonds. The van der Waals surface area contributed by atoms with Crippen molar-refractivity contribution in [2.75, 3.05) is 32.8 Å². The number of piperidine rings is 3. The number of phosphoric ester groups is 1. The molecule has 2 bridgehead atoms. The molecule has 9 nitrogen and oxygen atoms in total. The molecule has 2 atom stereocenters. The normalized spacial score (nSPS) is 19.0. The molecule has 0 aromatic heterocycles. The smallest absolute Gasteiger partial charge is 0.462 e. The van der Waals surface area contributed by atoms with Gasteiger partial charge in [-0.2, -0.15) is 0 Å². The van der Waals surface area contributed by atoms with E-state index in [-0.39, 0.29) is 31.4 Å². The molecule has 3 heterocycles. The van der Waals surface area contributed by atoms with Gasteiger partial charge in [-0.3, -0.25) is 14.1 Å². The summed E-state index contributed by atoms with van der Waals surface area (Å²) in [7, 11) is -4.79. The Bertz CT molecular complexity index is 1030. The summed E-state index contributed by atoms with van der Waals surface area (Å²) < 4.78 is 29.8. The number of hydrogen-bond acceptors (Lipinski definition) is 6. The van der Waals surface area contributed by atoms with Gasteiger partial charge in [-0.25, -0.2) is 4.57 Å². The van der Waals surface area contributed by atoms with Crippen LogP contribution in [0.15, 0.2) is 0 Å². The van der Waals surface area contributed by atoms with Crippen molar-refractivity contribution in [2.45, 2.75) is 257 Å². The van der Waals surface area contributed by atoms with Gasteiger partial charge in [0.2, 0.25) is 0 Å². The molecule has 342 valence electrons. The zero-order chi connectivity index (χ0) is 42.0. The third kappa shape index (κ3) is 29.3. The van der Waals surface area contributed by atoms with Gasteiger partial charge in [-0.05, 0) is 38.0 Å². The Balaban J connectivity index is 1.70. The van der Waals surface area contributed by atoms with E-state index >= 15 is 0 Å². The Hall–Kier alpha value is -0.990. The average molecular weight is 843 g/mol. The largest absolute Gasteiger partial charge is 0.470 e. The molecular formula is C48H93NO8P+. The van der Waals surface area contributed by atoms with Crippen molar-refractivity contribution in [1.82, 2.24) is 0 Å². The van der Waals surface area contributed by atoms with E-state index in [1.54, 1.807) is 0 Å². The molecule has 0 aromatic rings. The highest BCUT2D eigenvalue weighted by atomic mass is 31.2. The van der Waals surface area contributed by atoms with Crippen molar-refractivity contribution < 1.29 is 42.4 Å². The number of rotatable bonds is 41. The van der Waals surface area contributed by atoms with E-state index in [1.807, 2.05) is 0 Å². The molecule has 3 fully saturated rings. The minimum absolute atomic E-state index is 0.0887. The third-order valence-corrected chi connectivity index (χ3v) is 13.7. The maximum atomic E-state index is 13.1. The second kappa shape index (κ2) is 34.6. The second-order valence-corrected chi connectivity index (χ2v) is 19.8. The molecule has 0 spiro atoms. The minimum Gasteiger partial charge on any atom is -0.462 e. The van der Waals surface area contributed by atoms with Crippen molar-refractivity contribution in [2.24, 2.45) is 5.92 Å². The van der Waals surface area contributed by atoms with Crippen molar-refractivity contribution in [3.8, 4) is 0 Å². The van der Waals surface area contributed by atoms with E-state index in [0.29, 0.717) is 13.0 Å². The van der Waals surface area contributed by atoms with Crippen LogP contribution in [0, 0.1) is 5.92 Å². The van der Waals surface area contributed by atoms with Crippen LogP contribution in [0.4, 0.5) is 0 Å². The number of carbonyl (C=O) groups excluding carboxylic acids is 2. The second-order valence-electron chi connectivity index (χ2n) is 18.6. The molecule has 0 saturated carbocycles. The van der Waals surface area contributed by atoms with Gasteiger partial charge in [-0.1, -0.05) is 194 Å². The van der Waals surface area contributed by atoms with Gasteiger partial charge in [0.1, 0.15) is 25.4 Å². The molecule has 0 aliphatic carbocycles. The highest BCUT2D eigenvalue weighted by Gasteiger charge is 2.43. The Kier molecular flexibility index (Phi) is 31.7. The summed E-state index contributed by atoms with van der Waals surface area (Å²) in [5.41, 5.74) is 0. The number of phosphoric acid groups is 1. The molecular weight excluding hydrogens is 750 g/mol. The van der Waals surface area contributed by atoms with Gasteiger partial charge in [0, 0.05) is 19.3 Å². The first-order valence-corrected chi connectivity index (χ1v) is 26.6. The van der Waals surface area contributed by atoms with E-state index in [9.17, 15) is 23.9 Å². The zero-order valence-electron chi connectivity index (χ0n) is 38.0. The number of nitrogens with zero attached hydrogens (tertiary/aromatic N) is 1. The molecule has 3 aliphatic heterocycles. The van der Waals surface area contributed by atoms with Crippen LogP contribution in [0.25, 0.3) is 0 Å². The van der Waals surface area contributed by atoms with Crippen LogP contribution in [0.5, 0.6) is 0 Å². The first kappa shape index (κ1) is 53.1. The lowest BCUT2D eigenvalue weighted by Gasteiger charge is -2.50. The first-order chi connectivity index (χ1) is 28.1. The number of carbonyl (C=O) groups is 2. The number of unbranched alkanes of at least 4 members (excludes halogenated alkanes) is 28. The maximum Gasteiger partial charge on any atom is 0.470 e. The lowest BCUT2D eigenvalue weighted by atomic mass is 9.85. The van der Waals surface area contributed by atoms with Gasteiger partial charge < -0.3 is 23.7 Å². The van der Waals surface area contributed by atoms with Crippen LogP contribution < -0.4 is 0 Å². The number of quaternary nitrogens is 1. The number of ether oxygens (including phenoxy) is 2. The lowest BCUT2D eigenvalue weighted by Crippen LogP contribution is -2.61. The molecule has 10 heteroatoms. The predicted octanol–water partition coefficient (Wildman–Crippen LogP) is 13.5. The van der Waals surface area contributed by atoms with Crippen molar-refractivity contribution in [1.29, 1.82) is 0 Å². The standard InChI is InChI=1S/C48H92NO8P/c1-3-5-7-9-11-13-15-17-19-21-23-25-27-29-31-33-47(50)55-43-46(41-45(57-58(52,53)54)42-49-38-35-44(36-39-49)37-40-49)56-48(51)34-32-30-28-26-24-22-20-18-16-14-12-10-8-6-4-2/h44-46H,3-43H2,1-2H3,(H-,52,53,54)/p+1. The van der Waals surface area contributed by atoms with E-state index < -0.39 is 20.0 Å². The Morgan fingerprint density at radius 1 is 0.534 bits per heavy atom. The Morgan fingerprint density at radius 2 is 0.879 bits per heavy atom. The number of fused-ring (bicyclic) bond motifs is 3. The fraction of sp³-hybridized carbons (Fsp3) is 0.958. The van der Waals surface area contributed by atoms with Gasteiger partial charge in [0.05, 0.1) is 19.6 Å². The molecule has 0 radical (unpaired) electrons. The van der Waals surface area contributed by atoms with Crippen molar-refractivity contribution in [3.05, 3.63) is 0 Å². The summed E-state index contributed by atoms with van der Waals surface area (Å²) in [5.74, 6) is 0.0861. The van der Waals surface area contributed by atoms with Crippen LogP contribution in [0.1, 0.15) is 245 Å². The molecule has 58 heavy (non-hydrogen) atoms. The van der Waals surface area contributed by atoms with Gasteiger partial charge in [0.25, 0.3) is 0 Å². The Morgan fingerprint density at radius 3 is 1.24 bits per heavy atom. The van der Waals surface area contributed by atoms with Crippen LogP contribution >= 0.6 is 7.82 Å². The fourth-order valence-electron chi connectivity index (χ4n) is 9.42. The molecule has 3 rings (SSSR count). The molecule has 2 N–H and O–H groups in total. The van der Waals surface area contributed by atoms with Gasteiger partial charge in [0.15, 0.2) is 0 Å². The number of hydrogen-bond donors (Lipinski definition) is 2. The summed E-state index contributed by atoms with van der Waals surface area (Å²) in [6.07, 6.45) is 40.1. The van der Waals surface area contributed by atoms with Crippen molar-refractivity contribution >= 4 is 19.8 Å². The Labute approximate surface area is 357 Å². The highest BCUT2D eigenvalue weighted by molar-refractivity contribution is 7.46. The summed E-state index contributed by atoms with van der Waals surface area (Å²) >= 11 is 0. The van der Waals surface area contributed by atoms with E-state index in [2.05, 4.69) is 13.8 Å². The summed E-state index contributed by atoms with van der Waals surface area (Å²) in [5, 5.41) is 0. The third-order valence-electron chi connectivity index (χ3n) is 13.1. The van der Waals surface area contributed by atoms with E-state index in [0.717, 1.165) is 87.8 Å². The van der Waals surface area contributed by atoms with Crippen LogP contribution in [0.2, 0.25) is 0 Å². The SMILES string of the molecule is CCCCCCCCCCCCCCCCCC(=O)OCC(CC(C[N+]12CCC(CC1)CC2)OP(=O)(O)O)OC(=O)CCCCCCCCCCCCCCCCC. The van der Waals surface area contributed by atoms with Crippen molar-refractivity contribution in [3.63, 3.8) is 0 Å². The molecule has 0 aromatic carbocycles. The molecule has 3 saturated heterocycles. The van der Waals surface area contributed by atoms with Crippen LogP contribution in [-0.2, 0) is 28.2 Å². The van der Waals surface area contributed by atoms with Crippen LogP contribution in [-0.4, -0.2) is 71.2 Å².